The van der Waals surface area contributed by atoms with E-state index in [2.05, 4.69) is 0 Å². The van der Waals surface area contributed by atoms with Crippen LogP contribution in [0.2, 0.25) is 5.02 Å². The largest absolute Gasteiger partial charge is 0.388 e. The lowest BCUT2D eigenvalue weighted by atomic mass is 9.95. The van der Waals surface area contributed by atoms with Crippen molar-refractivity contribution in [3.8, 4) is 0 Å². The summed E-state index contributed by atoms with van der Waals surface area (Å²) in [6, 6.07) is 7.56. The Bertz CT molecular complexity index is 305. The highest BCUT2D eigenvalue weighted by Gasteiger charge is 2.24. The van der Waals surface area contributed by atoms with Gasteiger partial charge in [0.1, 0.15) is 0 Å². The van der Waals surface area contributed by atoms with Crippen LogP contribution in [-0.2, 0) is 0 Å². The lowest BCUT2D eigenvalue weighted by Crippen LogP contribution is -2.08. The van der Waals surface area contributed by atoms with Crippen molar-refractivity contribution >= 4 is 11.6 Å². The van der Waals surface area contributed by atoms with Crippen LogP contribution in [0.25, 0.3) is 0 Å². The number of aliphatic hydroxyl groups excluding tert-OH is 1. The number of aliphatic hydroxyl groups is 1. The zero-order valence-electron chi connectivity index (χ0n) is 8.12. The summed E-state index contributed by atoms with van der Waals surface area (Å²) < 4.78 is 0. The van der Waals surface area contributed by atoms with Crippen molar-refractivity contribution in [3.05, 3.63) is 34.9 Å². The quantitative estimate of drug-likeness (QED) is 0.792. The smallest absolute Gasteiger partial charge is 0.0818 e. The van der Waals surface area contributed by atoms with Gasteiger partial charge >= 0.3 is 0 Å². The standard InChI is InChI=1S/C12H15ClO/c13-11-7-3-6-10(8-11)12(14)9-4-1-2-5-9/h3,6-9,12,14H,1-2,4-5H2. The Balaban J connectivity index is 2.13. The van der Waals surface area contributed by atoms with E-state index in [1.165, 1.54) is 12.8 Å². The summed E-state index contributed by atoms with van der Waals surface area (Å²) in [7, 11) is 0. The van der Waals surface area contributed by atoms with Crippen LogP contribution in [0.1, 0.15) is 37.4 Å². The molecule has 1 aliphatic carbocycles. The Morgan fingerprint density at radius 2 is 2.00 bits per heavy atom. The van der Waals surface area contributed by atoms with Crippen molar-refractivity contribution in [1.82, 2.24) is 0 Å². The van der Waals surface area contributed by atoms with Gasteiger partial charge in [-0.05, 0) is 36.5 Å². The molecule has 0 radical (unpaired) electrons. The Labute approximate surface area is 89.7 Å². The fourth-order valence-corrected chi connectivity index (χ4v) is 2.43. The van der Waals surface area contributed by atoms with E-state index in [-0.39, 0.29) is 6.10 Å². The molecule has 76 valence electrons. The van der Waals surface area contributed by atoms with Gasteiger partial charge in [0.05, 0.1) is 6.10 Å². The molecular weight excluding hydrogens is 196 g/mol. The van der Waals surface area contributed by atoms with Gasteiger partial charge in [0.15, 0.2) is 0 Å². The second-order valence-corrected chi connectivity index (χ2v) is 4.48. The van der Waals surface area contributed by atoms with Gasteiger partial charge < -0.3 is 5.11 Å². The molecule has 0 bridgehead atoms. The molecule has 0 aliphatic heterocycles. The number of hydrogen-bond donors (Lipinski definition) is 1. The zero-order valence-corrected chi connectivity index (χ0v) is 8.87. The molecule has 1 saturated carbocycles. The molecule has 0 spiro atoms. The molecule has 1 nitrogen and oxygen atoms in total. The SMILES string of the molecule is OC(c1cccc(Cl)c1)C1CCCC1. The predicted octanol–water partition coefficient (Wildman–Crippen LogP) is 3.56. The molecule has 1 N–H and O–H groups in total. The number of benzene rings is 1. The lowest BCUT2D eigenvalue weighted by molar-refractivity contribution is 0.111. The summed E-state index contributed by atoms with van der Waals surface area (Å²) in [4.78, 5) is 0. The van der Waals surface area contributed by atoms with Crippen LogP contribution in [0.4, 0.5) is 0 Å². The van der Waals surface area contributed by atoms with E-state index in [0.717, 1.165) is 18.4 Å². The number of halogens is 1. The molecule has 1 aromatic rings. The third-order valence-corrected chi connectivity index (χ3v) is 3.27. The van der Waals surface area contributed by atoms with Crippen LogP contribution in [-0.4, -0.2) is 5.11 Å². The average molecular weight is 211 g/mol. The van der Waals surface area contributed by atoms with E-state index < -0.39 is 0 Å². The molecule has 0 saturated heterocycles. The Kier molecular flexibility index (Phi) is 3.09. The second kappa shape index (κ2) is 4.33. The zero-order chi connectivity index (χ0) is 9.97. The monoisotopic (exact) mass is 210 g/mol. The second-order valence-electron chi connectivity index (χ2n) is 4.04. The first-order chi connectivity index (χ1) is 6.77. The van der Waals surface area contributed by atoms with E-state index >= 15 is 0 Å². The molecule has 1 aliphatic rings. The highest BCUT2D eigenvalue weighted by molar-refractivity contribution is 6.30. The van der Waals surface area contributed by atoms with Crippen LogP contribution in [0.15, 0.2) is 24.3 Å². The molecule has 1 aromatic carbocycles. The molecule has 0 aromatic heterocycles. The first-order valence-electron chi connectivity index (χ1n) is 5.21. The molecule has 1 atom stereocenters. The molecule has 1 unspecified atom stereocenters. The normalized spacial score (nSPS) is 19.9. The minimum atomic E-state index is -0.323. The van der Waals surface area contributed by atoms with Gasteiger partial charge in [-0.1, -0.05) is 36.6 Å². The summed E-state index contributed by atoms with van der Waals surface area (Å²) in [5, 5.41) is 10.8. The van der Waals surface area contributed by atoms with Gasteiger partial charge in [0.25, 0.3) is 0 Å². The minimum Gasteiger partial charge on any atom is -0.388 e. The molecule has 0 heterocycles. The maximum Gasteiger partial charge on any atom is 0.0818 e. The fourth-order valence-electron chi connectivity index (χ4n) is 2.24. The summed E-state index contributed by atoms with van der Waals surface area (Å²) in [5.74, 6) is 0.438. The fraction of sp³-hybridized carbons (Fsp3) is 0.500. The first kappa shape index (κ1) is 10.0. The van der Waals surface area contributed by atoms with E-state index in [1.807, 2.05) is 24.3 Å². The third kappa shape index (κ3) is 2.10. The topological polar surface area (TPSA) is 20.2 Å². The van der Waals surface area contributed by atoms with Crippen LogP contribution in [0, 0.1) is 5.92 Å². The van der Waals surface area contributed by atoms with Crippen LogP contribution in [0.3, 0.4) is 0 Å². The summed E-state index contributed by atoms with van der Waals surface area (Å²) >= 11 is 5.88. The van der Waals surface area contributed by atoms with Crippen molar-refractivity contribution < 1.29 is 5.11 Å². The maximum absolute atomic E-state index is 10.1. The van der Waals surface area contributed by atoms with Crippen molar-refractivity contribution in [1.29, 1.82) is 0 Å². The summed E-state index contributed by atoms with van der Waals surface area (Å²) in [5.41, 5.74) is 0.962. The molecule has 2 heteroatoms. The van der Waals surface area contributed by atoms with Gasteiger partial charge in [-0.3, -0.25) is 0 Å². The van der Waals surface area contributed by atoms with Gasteiger partial charge in [-0.2, -0.15) is 0 Å². The van der Waals surface area contributed by atoms with Gasteiger partial charge in [-0.15, -0.1) is 0 Å². The Morgan fingerprint density at radius 3 is 2.64 bits per heavy atom. The van der Waals surface area contributed by atoms with Crippen molar-refractivity contribution in [2.24, 2.45) is 5.92 Å². The summed E-state index contributed by atoms with van der Waals surface area (Å²) in [6.45, 7) is 0. The Hall–Kier alpha value is -0.530. The van der Waals surface area contributed by atoms with Gasteiger partial charge in [0.2, 0.25) is 0 Å². The molecular formula is C12H15ClO. The molecule has 14 heavy (non-hydrogen) atoms. The molecule has 1 fully saturated rings. The maximum atomic E-state index is 10.1. The van der Waals surface area contributed by atoms with Gasteiger partial charge in [0, 0.05) is 5.02 Å². The average Bonchev–Trinajstić information content (AvgIpc) is 2.69. The minimum absolute atomic E-state index is 0.323. The van der Waals surface area contributed by atoms with Crippen molar-refractivity contribution in [2.75, 3.05) is 0 Å². The van der Waals surface area contributed by atoms with E-state index in [9.17, 15) is 5.11 Å². The number of hydrogen-bond acceptors (Lipinski definition) is 1. The van der Waals surface area contributed by atoms with Crippen molar-refractivity contribution in [2.45, 2.75) is 31.8 Å². The lowest BCUT2D eigenvalue weighted by Gasteiger charge is -2.17. The number of rotatable bonds is 2. The Morgan fingerprint density at radius 1 is 1.29 bits per heavy atom. The first-order valence-corrected chi connectivity index (χ1v) is 5.59. The predicted molar refractivity (Wildman–Crippen MR) is 58.4 cm³/mol. The van der Waals surface area contributed by atoms with Crippen LogP contribution >= 0.6 is 11.6 Å². The third-order valence-electron chi connectivity index (χ3n) is 3.04. The van der Waals surface area contributed by atoms with Crippen LogP contribution in [0.5, 0.6) is 0 Å². The van der Waals surface area contributed by atoms with Gasteiger partial charge in [-0.25, -0.2) is 0 Å². The van der Waals surface area contributed by atoms with E-state index in [0.29, 0.717) is 10.9 Å². The summed E-state index contributed by atoms with van der Waals surface area (Å²) in [6.07, 6.45) is 4.47. The van der Waals surface area contributed by atoms with E-state index in [1.54, 1.807) is 0 Å². The highest BCUT2D eigenvalue weighted by Crippen LogP contribution is 2.35. The highest BCUT2D eigenvalue weighted by atomic mass is 35.5. The van der Waals surface area contributed by atoms with E-state index in [4.69, 9.17) is 11.6 Å². The van der Waals surface area contributed by atoms with Crippen molar-refractivity contribution in [3.63, 3.8) is 0 Å². The van der Waals surface area contributed by atoms with Crippen LogP contribution < -0.4 is 0 Å². The molecule has 2 rings (SSSR count). The molecule has 0 amide bonds.